The van der Waals surface area contributed by atoms with Crippen LogP contribution < -0.4 is 0 Å². The van der Waals surface area contributed by atoms with Crippen LogP contribution >= 0.6 is 0 Å². The van der Waals surface area contributed by atoms with E-state index in [1.54, 1.807) is 0 Å². The maximum Gasteiger partial charge on any atom is 0.463 e. The summed E-state index contributed by atoms with van der Waals surface area (Å²) in [4.78, 5) is 38.5. The lowest BCUT2D eigenvalue weighted by atomic mass is 10.1. The Bertz CT molecular complexity index is 641. The number of amides is 2. The van der Waals surface area contributed by atoms with Gasteiger partial charge in [-0.1, -0.05) is 26.2 Å². The standard InChI is InChI=1S/C19H27F5N2O4/c1-2-3-4-5-12-30-16(28)14-9-7-10-25(14)15(27)13-8-6-11-26(13)17(29)18(20,21)19(22,23)24/h13-14H,2-12H2,1H3. The minimum Gasteiger partial charge on any atom is -0.464 e. The number of esters is 1. The third kappa shape index (κ3) is 5.21. The molecule has 0 N–H and O–H groups in total. The van der Waals surface area contributed by atoms with Crippen LogP contribution in [0.1, 0.15) is 58.3 Å². The Hall–Kier alpha value is -1.94. The van der Waals surface area contributed by atoms with Gasteiger partial charge < -0.3 is 14.5 Å². The summed E-state index contributed by atoms with van der Waals surface area (Å²) < 4.78 is 70.0. The maximum atomic E-state index is 13.5. The second kappa shape index (κ2) is 9.91. The Morgan fingerprint density at radius 3 is 2.10 bits per heavy atom. The summed E-state index contributed by atoms with van der Waals surface area (Å²) in [5.41, 5.74) is 0. The van der Waals surface area contributed by atoms with Gasteiger partial charge in [-0.05, 0) is 32.1 Å². The van der Waals surface area contributed by atoms with Crippen molar-refractivity contribution < 1.29 is 41.1 Å². The number of rotatable bonds is 8. The number of ether oxygens (including phenoxy) is 1. The third-order valence-corrected chi connectivity index (χ3v) is 5.47. The van der Waals surface area contributed by atoms with Crippen molar-refractivity contribution in [2.75, 3.05) is 19.7 Å². The Labute approximate surface area is 171 Å². The molecular formula is C19H27F5N2O4. The molecule has 172 valence electrons. The van der Waals surface area contributed by atoms with Gasteiger partial charge in [-0.3, -0.25) is 9.59 Å². The van der Waals surface area contributed by atoms with E-state index in [1.165, 1.54) is 0 Å². The molecule has 0 spiro atoms. The number of halogens is 5. The van der Waals surface area contributed by atoms with Gasteiger partial charge in [0, 0.05) is 13.1 Å². The lowest BCUT2D eigenvalue weighted by Crippen LogP contribution is -2.57. The van der Waals surface area contributed by atoms with Crippen LogP contribution in [-0.4, -0.2) is 71.5 Å². The largest absolute Gasteiger partial charge is 0.464 e. The molecular weight excluding hydrogens is 415 g/mol. The summed E-state index contributed by atoms with van der Waals surface area (Å²) in [6.45, 7) is 2.02. The van der Waals surface area contributed by atoms with E-state index in [-0.39, 0.29) is 32.5 Å². The average molecular weight is 442 g/mol. The summed E-state index contributed by atoms with van der Waals surface area (Å²) in [5, 5.41) is 0. The van der Waals surface area contributed by atoms with Crippen LogP contribution in [0, 0.1) is 0 Å². The van der Waals surface area contributed by atoms with E-state index in [0.29, 0.717) is 24.2 Å². The topological polar surface area (TPSA) is 66.9 Å². The number of nitrogens with zero attached hydrogens (tertiary/aromatic N) is 2. The van der Waals surface area contributed by atoms with E-state index in [9.17, 15) is 36.3 Å². The molecule has 6 nitrogen and oxygen atoms in total. The first kappa shape index (κ1) is 24.3. The quantitative estimate of drug-likeness (QED) is 0.329. The molecule has 0 radical (unpaired) electrons. The first-order chi connectivity index (χ1) is 14.0. The molecule has 2 atom stereocenters. The van der Waals surface area contributed by atoms with E-state index in [4.69, 9.17) is 4.74 Å². The van der Waals surface area contributed by atoms with Crippen LogP contribution in [0.2, 0.25) is 0 Å². The van der Waals surface area contributed by atoms with Gasteiger partial charge >= 0.3 is 24.0 Å². The highest BCUT2D eigenvalue weighted by atomic mass is 19.4. The number of likely N-dealkylation sites (tertiary alicyclic amines) is 2. The molecule has 11 heteroatoms. The Morgan fingerprint density at radius 1 is 0.900 bits per heavy atom. The summed E-state index contributed by atoms with van der Waals surface area (Å²) in [5.74, 6) is -9.41. The van der Waals surface area contributed by atoms with Crippen LogP contribution in [0.25, 0.3) is 0 Å². The fourth-order valence-electron chi connectivity index (χ4n) is 3.83. The molecule has 0 aromatic rings. The van der Waals surface area contributed by atoms with Crippen molar-refractivity contribution in [1.29, 1.82) is 0 Å². The first-order valence-corrected chi connectivity index (χ1v) is 10.2. The molecule has 0 bridgehead atoms. The molecule has 2 heterocycles. The average Bonchev–Trinajstić information content (AvgIpc) is 3.35. The molecule has 30 heavy (non-hydrogen) atoms. The lowest BCUT2D eigenvalue weighted by molar-refractivity contribution is -0.274. The van der Waals surface area contributed by atoms with Crippen molar-refractivity contribution in [2.24, 2.45) is 0 Å². The minimum atomic E-state index is -6.04. The van der Waals surface area contributed by atoms with Crippen molar-refractivity contribution in [2.45, 2.75) is 82.5 Å². The molecule has 2 rings (SSSR count). The van der Waals surface area contributed by atoms with Gasteiger partial charge in [-0.2, -0.15) is 22.0 Å². The summed E-state index contributed by atoms with van der Waals surface area (Å²) in [6.07, 6.45) is -1.58. The van der Waals surface area contributed by atoms with E-state index < -0.39 is 42.0 Å². The predicted octanol–water partition coefficient (Wildman–Crippen LogP) is 3.29. The van der Waals surface area contributed by atoms with Gasteiger partial charge in [0.05, 0.1) is 6.61 Å². The predicted molar refractivity (Wildman–Crippen MR) is 95.6 cm³/mol. The number of hydrogen-bond donors (Lipinski definition) is 0. The van der Waals surface area contributed by atoms with Crippen molar-refractivity contribution in [1.82, 2.24) is 9.80 Å². The molecule has 2 saturated heterocycles. The number of carbonyl (C=O) groups is 3. The molecule has 2 aliphatic rings. The van der Waals surface area contributed by atoms with E-state index >= 15 is 0 Å². The summed E-state index contributed by atoms with van der Waals surface area (Å²) >= 11 is 0. The zero-order valence-corrected chi connectivity index (χ0v) is 16.9. The lowest BCUT2D eigenvalue weighted by Gasteiger charge is -2.32. The van der Waals surface area contributed by atoms with Crippen LogP contribution in [-0.2, 0) is 19.1 Å². The Balaban J connectivity index is 2.03. The second-order valence-corrected chi connectivity index (χ2v) is 7.65. The summed E-state index contributed by atoms with van der Waals surface area (Å²) in [6, 6.07) is -2.35. The van der Waals surface area contributed by atoms with Gasteiger partial charge in [-0.15, -0.1) is 0 Å². The van der Waals surface area contributed by atoms with E-state index in [2.05, 4.69) is 0 Å². The van der Waals surface area contributed by atoms with Crippen LogP contribution in [0.4, 0.5) is 22.0 Å². The summed E-state index contributed by atoms with van der Waals surface area (Å²) in [7, 11) is 0. The minimum absolute atomic E-state index is 0.0339. The van der Waals surface area contributed by atoms with Gasteiger partial charge in [-0.25, -0.2) is 4.79 Å². The number of alkyl halides is 5. The van der Waals surface area contributed by atoms with Gasteiger partial charge in [0.25, 0.3) is 0 Å². The Morgan fingerprint density at radius 2 is 1.50 bits per heavy atom. The fourth-order valence-corrected chi connectivity index (χ4v) is 3.83. The van der Waals surface area contributed by atoms with Crippen LogP contribution in [0.15, 0.2) is 0 Å². The SMILES string of the molecule is CCCCCCOC(=O)C1CCCN1C(=O)C1CCCN1C(=O)C(F)(F)C(F)(F)F. The zero-order valence-electron chi connectivity index (χ0n) is 16.9. The molecule has 0 aliphatic carbocycles. The highest BCUT2D eigenvalue weighted by molar-refractivity contribution is 5.93. The van der Waals surface area contributed by atoms with Crippen molar-refractivity contribution in [3.63, 3.8) is 0 Å². The number of carbonyl (C=O) groups excluding carboxylic acids is 3. The smallest absolute Gasteiger partial charge is 0.463 e. The van der Waals surface area contributed by atoms with Gasteiger partial charge in [0.15, 0.2) is 0 Å². The molecule has 0 saturated carbocycles. The highest BCUT2D eigenvalue weighted by Gasteiger charge is 2.65. The Kier molecular flexibility index (Phi) is 8.04. The molecule has 2 amide bonds. The molecule has 2 fully saturated rings. The first-order valence-electron chi connectivity index (χ1n) is 10.2. The molecule has 0 aromatic heterocycles. The van der Waals surface area contributed by atoms with Crippen molar-refractivity contribution in [3.8, 4) is 0 Å². The normalized spacial score (nSPS) is 22.5. The number of hydrogen-bond acceptors (Lipinski definition) is 4. The van der Waals surface area contributed by atoms with Crippen molar-refractivity contribution >= 4 is 17.8 Å². The van der Waals surface area contributed by atoms with Crippen LogP contribution in [0.3, 0.4) is 0 Å². The van der Waals surface area contributed by atoms with Crippen LogP contribution in [0.5, 0.6) is 0 Å². The monoisotopic (exact) mass is 442 g/mol. The van der Waals surface area contributed by atoms with E-state index in [1.807, 2.05) is 6.92 Å². The molecule has 0 aromatic carbocycles. The second-order valence-electron chi connectivity index (χ2n) is 7.65. The fraction of sp³-hybridized carbons (Fsp3) is 0.842. The molecule has 2 aliphatic heterocycles. The molecule has 2 unspecified atom stereocenters. The van der Waals surface area contributed by atoms with E-state index in [0.717, 1.165) is 24.2 Å². The number of unbranched alkanes of at least 4 members (excludes halogenated alkanes) is 3. The third-order valence-electron chi connectivity index (χ3n) is 5.47. The highest BCUT2D eigenvalue weighted by Crippen LogP contribution is 2.39. The van der Waals surface area contributed by atoms with Gasteiger partial charge in [0.2, 0.25) is 5.91 Å². The van der Waals surface area contributed by atoms with Crippen molar-refractivity contribution in [3.05, 3.63) is 0 Å². The van der Waals surface area contributed by atoms with Gasteiger partial charge in [0.1, 0.15) is 12.1 Å². The zero-order chi connectivity index (χ0) is 22.5. The maximum absolute atomic E-state index is 13.5.